The van der Waals surface area contributed by atoms with Crippen LogP contribution in [0.4, 0.5) is 0 Å². The predicted octanol–water partition coefficient (Wildman–Crippen LogP) is 10.3. The molecular formula is C41H68N2O2. The first kappa shape index (κ1) is 37.5. The molecule has 0 saturated carbocycles. The SMILES string of the molecule is CCCCCCCCCCN(CCCCCCCCCC)C1(Cc2ccccc2)C=C(N2CCOCC2)C=CC1CC(=O)CC. The highest BCUT2D eigenvalue weighted by molar-refractivity contribution is 5.78. The first-order valence-electron chi connectivity index (χ1n) is 19.2. The molecule has 1 aliphatic heterocycles. The van der Waals surface area contributed by atoms with Crippen LogP contribution in [-0.4, -0.2) is 60.5 Å². The van der Waals surface area contributed by atoms with E-state index >= 15 is 0 Å². The lowest BCUT2D eigenvalue weighted by Gasteiger charge is -2.50. The number of carbonyl (C=O) groups is 1. The normalized spacial score (nSPS) is 20.1. The molecule has 1 heterocycles. The maximum Gasteiger partial charge on any atom is 0.133 e. The number of carbonyl (C=O) groups excluding carboxylic acids is 1. The topological polar surface area (TPSA) is 32.8 Å². The Kier molecular flexibility index (Phi) is 18.8. The maximum absolute atomic E-state index is 13.1. The number of ketones is 1. The lowest BCUT2D eigenvalue weighted by molar-refractivity contribution is -0.120. The summed E-state index contributed by atoms with van der Waals surface area (Å²) in [6.07, 6.45) is 30.9. The van der Waals surface area contributed by atoms with E-state index in [9.17, 15) is 4.79 Å². The molecule has 45 heavy (non-hydrogen) atoms. The Balaban J connectivity index is 1.87. The Labute approximate surface area is 278 Å². The van der Waals surface area contributed by atoms with Crippen molar-refractivity contribution >= 4 is 5.78 Å². The van der Waals surface area contributed by atoms with Crippen molar-refractivity contribution in [1.82, 2.24) is 9.80 Å². The van der Waals surface area contributed by atoms with Crippen LogP contribution in [0.15, 0.2) is 54.3 Å². The molecule has 1 aromatic rings. The van der Waals surface area contributed by atoms with E-state index in [1.54, 1.807) is 0 Å². The standard InChI is InChI=1S/C41H68N2O2/c1-4-7-9-11-13-15-17-22-28-43(29-23-18-16-14-12-10-8-5-2)41(35-37-24-20-19-21-25-37)36-39(42-30-32-45-33-31-42)27-26-38(41)34-40(44)6-3/h19-21,24-27,36,38H,4-18,22-23,28-35H2,1-3H3. The number of Topliss-reactive ketones (excluding diaryl/α,β-unsaturated/α-hetero) is 1. The first-order valence-corrected chi connectivity index (χ1v) is 19.2. The molecule has 0 aromatic heterocycles. The van der Waals surface area contributed by atoms with Crippen molar-refractivity contribution in [3.05, 3.63) is 59.8 Å². The Morgan fingerprint density at radius 2 is 1.31 bits per heavy atom. The van der Waals surface area contributed by atoms with Crippen LogP contribution in [0, 0.1) is 5.92 Å². The summed E-state index contributed by atoms with van der Waals surface area (Å²) in [6.45, 7) is 12.3. The quantitative estimate of drug-likeness (QED) is 0.102. The number of benzene rings is 1. The summed E-state index contributed by atoms with van der Waals surface area (Å²) in [4.78, 5) is 18.5. The van der Waals surface area contributed by atoms with Gasteiger partial charge in [-0.25, -0.2) is 0 Å². The fraction of sp³-hybridized carbons (Fsp3) is 0.732. The van der Waals surface area contributed by atoms with E-state index in [0.29, 0.717) is 18.6 Å². The number of hydrogen-bond donors (Lipinski definition) is 0. The molecule has 2 atom stereocenters. The monoisotopic (exact) mass is 621 g/mol. The number of rotatable bonds is 25. The molecule has 2 unspecified atom stereocenters. The van der Waals surface area contributed by atoms with Gasteiger partial charge < -0.3 is 9.64 Å². The third kappa shape index (κ3) is 13.4. The molecule has 0 spiro atoms. The maximum atomic E-state index is 13.1. The minimum atomic E-state index is -0.211. The van der Waals surface area contributed by atoms with Gasteiger partial charge in [-0.2, -0.15) is 0 Å². The molecule has 1 fully saturated rings. The predicted molar refractivity (Wildman–Crippen MR) is 193 cm³/mol. The van der Waals surface area contributed by atoms with Crippen molar-refractivity contribution in [2.45, 2.75) is 148 Å². The van der Waals surface area contributed by atoms with Gasteiger partial charge in [-0.3, -0.25) is 9.69 Å². The fourth-order valence-corrected chi connectivity index (χ4v) is 7.39. The summed E-state index contributed by atoms with van der Waals surface area (Å²) >= 11 is 0. The Morgan fingerprint density at radius 3 is 1.84 bits per heavy atom. The lowest BCUT2D eigenvalue weighted by atomic mass is 9.71. The molecule has 0 radical (unpaired) electrons. The second kappa shape index (κ2) is 22.6. The molecular weight excluding hydrogens is 552 g/mol. The third-order valence-corrected chi connectivity index (χ3v) is 10.2. The van der Waals surface area contributed by atoms with Gasteiger partial charge in [-0.15, -0.1) is 0 Å². The van der Waals surface area contributed by atoms with E-state index in [-0.39, 0.29) is 11.5 Å². The molecule has 4 heteroatoms. The number of unbranched alkanes of at least 4 members (excludes halogenated alkanes) is 14. The smallest absolute Gasteiger partial charge is 0.133 e. The highest BCUT2D eigenvalue weighted by Gasteiger charge is 2.44. The highest BCUT2D eigenvalue weighted by Crippen LogP contribution is 2.40. The average Bonchev–Trinajstić information content (AvgIpc) is 3.07. The molecule has 3 rings (SSSR count). The fourth-order valence-electron chi connectivity index (χ4n) is 7.39. The number of hydrogen-bond acceptors (Lipinski definition) is 4. The summed E-state index contributed by atoms with van der Waals surface area (Å²) in [5.41, 5.74) is 2.49. The van der Waals surface area contributed by atoms with Crippen LogP contribution in [0.1, 0.15) is 142 Å². The first-order chi connectivity index (χ1) is 22.1. The molecule has 1 saturated heterocycles. The summed E-state index contributed by atoms with van der Waals surface area (Å²) in [5.74, 6) is 0.558. The van der Waals surface area contributed by atoms with Crippen LogP contribution in [0.3, 0.4) is 0 Å². The molecule has 1 aliphatic carbocycles. The Morgan fingerprint density at radius 1 is 0.778 bits per heavy atom. The van der Waals surface area contributed by atoms with Gasteiger partial charge in [0.15, 0.2) is 0 Å². The molecule has 0 N–H and O–H groups in total. The van der Waals surface area contributed by atoms with E-state index in [1.807, 2.05) is 6.92 Å². The van der Waals surface area contributed by atoms with Crippen molar-refractivity contribution in [3.63, 3.8) is 0 Å². The van der Waals surface area contributed by atoms with Gasteiger partial charge in [0.1, 0.15) is 5.78 Å². The number of nitrogens with zero attached hydrogens (tertiary/aromatic N) is 2. The summed E-state index contributed by atoms with van der Waals surface area (Å²) in [7, 11) is 0. The number of morpholine rings is 1. The van der Waals surface area contributed by atoms with Gasteiger partial charge in [0.25, 0.3) is 0 Å². The minimum Gasteiger partial charge on any atom is -0.378 e. The Bertz CT molecular complexity index is 947. The van der Waals surface area contributed by atoms with E-state index < -0.39 is 0 Å². The molecule has 0 amide bonds. The second-order valence-electron chi connectivity index (χ2n) is 13.8. The zero-order valence-electron chi connectivity index (χ0n) is 29.6. The second-order valence-corrected chi connectivity index (χ2v) is 13.8. The lowest BCUT2D eigenvalue weighted by Crippen LogP contribution is -2.56. The van der Waals surface area contributed by atoms with E-state index in [4.69, 9.17) is 4.74 Å². The summed E-state index contributed by atoms with van der Waals surface area (Å²) < 4.78 is 5.74. The van der Waals surface area contributed by atoms with Crippen LogP contribution in [0.2, 0.25) is 0 Å². The van der Waals surface area contributed by atoms with Gasteiger partial charge >= 0.3 is 0 Å². The number of allylic oxidation sites excluding steroid dienone is 1. The highest BCUT2D eigenvalue weighted by atomic mass is 16.5. The van der Waals surface area contributed by atoms with E-state index in [1.165, 1.54) is 114 Å². The van der Waals surface area contributed by atoms with Gasteiger partial charge in [-0.05, 0) is 50.1 Å². The zero-order chi connectivity index (χ0) is 32.0. The largest absolute Gasteiger partial charge is 0.378 e. The van der Waals surface area contributed by atoms with E-state index in [2.05, 4.69) is 72.2 Å². The Hall–Kier alpha value is -1.91. The van der Waals surface area contributed by atoms with Crippen LogP contribution < -0.4 is 0 Å². The van der Waals surface area contributed by atoms with Gasteiger partial charge in [0, 0.05) is 37.5 Å². The van der Waals surface area contributed by atoms with E-state index in [0.717, 1.165) is 45.8 Å². The van der Waals surface area contributed by atoms with Crippen molar-refractivity contribution in [1.29, 1.82) is 0 Å². The van der Waals surface area contributed by atoms with Crippen molar-refractivity contribution in [2.75, 3.05) is 39.4 Å². The third-order valence-electron chi connectivity index (χ3n) is 10.2. The van der Waals surface area contributed by atoms with Crippen LogP contribution in [-0.2, 0) is 16.0 Å². The van der Waals surface area contributed by atoms with Crippen LogP contribution in [0.5, 0.6) is 0 Å². The van der Waals surface area contributed by atoms with Gasteiger partial charge in [0.2, 0.25) is 0 Å². The summed E-state index contributed by atoms with van der Waals surface area (Å²) in [6, 6.07) is 11.1. The number of ether oxygens (including phenoxy) is 1. The molecule has 1 aromatic carbocycles. The molecule has 2 aliphatic rings. The molecule has 4 nitrogen and oxygen atoms in total. The van der Waals surface area contributed by atoms with Crippen molar-refractivity contribution < 1.29 is 9.53 Å². The zero-order valence-corrected chi connectivity index (χ0v) is 29.6. The van der Waals surface area contributed by atoms with Gasteiger partial charge in [0.05, 0.1) is 18.8 Å². The summed E-state index contributed by atoms with van der Waals surface area (Å²) in [5, 5.41) is 0. The van der Waals surface area contributed by atoms with Gasteiger partial charge in [-0.1, -0.05) is 147 Å². The molecule has 254 valence electrons. The van der Waals surface area contributed by atoms with Crippen molar-refractivity contribution in [3.8, 4) is 0 Å². The van der Waals surface area contributed by atoms with Crippen molar-refractivity contribution in [2.24, 2.45) is 5.92 Å². The van der Waals surface area contributed by atoms with Crippen LogP contribution in [0.25, 0.3) is 0 Å². The molecule has 0 bridgehead atoms. The minimum absolute atomic E-state index is 0.179. The average molecular weight is 621 g/mol. The van der Waals surface area contributed by atoms with Crippen LogP contribution >= 0.6 is 0 Å².